The van der Waals surface area contributed by atoms with Crippen molar-refractivity contribution in [1.29, 1.82) is 0 Å². The molecule has 1 aliphatic carbocycles. The highest BCUT2D eigenvalue weighted by atomic mass is 79.9. The Kier molecular flexibility index (Phi) is 4.55. The first-order chi connectivity index (χ1) is 11.7. The Labute approximate surface area is 152 Å². The number of benzene rings is 2. The minimum Gasteiger partial charge on any atom is -0.298 e. The maximum atomic E-state index is 11.0. The normalized spacial score (nSPS) is 23.4. The van der Waals surface area contributed by atoms with E-state index in [9.17, 15) is 4.79 Å². The van der Waals surface area contributed by atoms with Crippen LogP contribution in [0.15, 0.2) is 46.9 Å². The Morgan fingerprint density at radius 2 is 1.88 bits per heavy atom. The first-order valence-corrected chi connectivity index (χ1v) is 9.56. The maximum Gasteiger partial charge on any atom is 0.151 e. The van der Waals surface area contributed by atoms with Gasteiger partial charge >= 0.3 is 0 Å². The molecule has 0 N–H and O–H groups in total. The lowest BCUT2D eigenvalue weighted by atomic mass is 9.80. The fourth-order valence-electron chi connectivity index (χ4n) is 4.29. The molecule has 0 amide bonds. The van der Waals surface area contributed by atoms with Crippen LogP contribution in [0.4, 0.5) is 0 Å². The molecule has 0 aromatic heterocycles. The summed E-state index contributed by atoms with van der Waals surface area (Å²) in [5, 5.41) is 0. The van der Waals surface area contributed by atoms with E-state index < -0.39 is 0 Å². The summed E-state index contributed by atoms with van der Waals surface area (Å²) in [6.07, 6.45) is 5.93. The molecule has 5 rings (SSSR count). The van der Waals surface area contributed by atoms with Crippen molar-refractivity contribution in [3.63, 3.8) is 0 Å². The Morgan fingerprint density at radius 3 is 2.62 bits per heavy atom. The maximum absolute atomic E-state index is 11.0. The smallest absolute Gasteiger partial charge is 0.151 e. The highest BCUT2D eigenvalue weighted by molar-refractivity contribution is 9.10. The third-order valence-electron chi connectivity index (χ3n) is 5.58. The van der Waals surface area contributed by atoms with E-state index in [1.807, 2.05) is 6.07 Å². The van der Waals surface area contributed by atoms with Gasteiger partial charge in [0.25, 0.3) is 0 Å². The van der Waals surface area contributed by atoms with Gasteiger partial charge in [-0.2, -0.15) is 0 Å². The molecule has 2 aromatic carbocycles. The summed E-state index contributed by atoms with van der Waals surface area (Å²) in [5.41, 5.74) is 5.10. The zero-order valence-electron chi connectivity index (χ0n) is 13.7. The fourth-order valence-corrected chi connectivity index (χ4v) is 4.81. The molecule has 0 radical (unpaired) electrons. The van der Waals surface area contributed by atoms with Crippen LogP contribution >= 0.6 is 15.9 Å². The Bertz CT molecular complexity index is 757. The summed E-state index contributed by atoms with van der Waals surface area (Å²) in [4.78, 5) is 13.7. The van der Waals surface area contributed by atoms with Gasteiger partial charge in [-0.3, -0.25) is 9.69 Å². The van der Waals surface area contributed by atoms with Crippen molar-refractivity contribution in [2.75, 3.05) is 6.54 Å². The number of piperidine rings is 1. The van der Waals surface area contributed by atoms with E-state index in [0.29, 0.717) is 6.04 Å². The number of hydrogen-bond acceptors (Lipinski definition) is 2. The molecule has 0 spiro atoms. The van der Waals surface area contributed by atoms with Gasteiger partial charge in [-0.15, -0.1) is 0 Å². The van der Waals surface area contributed by atoms with Crippen molar-refractivity contribution in [3.8, 4) is 0 Å². The molecule has 0 saturated carbocycles. The van der Waals surface area contributed by atoms with E-state index in [-0.39, 0.29) is 0 Å². The molecular weight excluding hydrogens is 362 g/mol. The van der Waals surface area contributed by atoms with Crippen LogP contribution in [0.2, 0.25) is 0 Å². The van der Waals surface area contributed by atoms with Gasteiger partial charge in [0.2, 0.25) is 0 Å². The Morgan fingerprint density at radius 1 is 1.08 bits per heavy atom. The van der Waals surface area contributed by atoms with Crippen LogP contribution in [0, 0.1) is 5.92 Å². The van der Waals surface area contributed by atoms with Crippen LogP contribution in [0.5, 0.6) is 0 Å². The summed E-state index contributed by atoms with van der Waals surface area (Å²) in [6.45, 7) is 2.16. The van der Waals surface area contributed by atoms with Crippen molar-refractivity contribution in [2.45, 2.75) is 38.3 Å². The van der Waals surface area contributed by atoms with Gasteiger partial charge in [0.1, 0.15) is 0 Å². The lowest BCUT2D eigenvalue weighted by Crippen LogP contribution is -2.46. The number of aldehydes is 1. The lowest BCUT2D eigenvalue weighted by molar-refractivity contribution is 0.0938. The molecule has 2 unspecified atom stereocenters. The number of halogens is 1. The van der Waals surface area contributed by atoms with Gasteiger partial charge < -0.3 is 0 Å². The van der Waals surface area contributed by atoms with E-state index in [2.05, 4.69) is 57.2 Å². The molecular formula is C21H22BrNO. The molecule has 1 fully saturated rings. The summed E-state index contributed by atoms with van der Waals surface area (Å²) < 4.78 is 0.901. The second kappa shape index (κ2) is 6.81. The Hall–Kier alpha value is -1.45. The van der Waals surface area contributed by atoms with Crippen molar-refractivity contribution < 1.29 is 4.79 Å². The number of hydrogen-bond donors (Lipinski definition) is 0. The third-order valence-corrected chi connectivity index (χ3v) is 6.26. The fraction of sp³-hybridized carbons (Fsp3) is 0.381. The van der Waals surface area contributed by atoms with Gasteiger partial charge in [0.05, 0.1) is 0 Å². The van der Waals surface area contributed by atoms with Crippen LogP contribution in [0.25, 0.3) is 0 Å². The molecule has 2 bridgehead atoms. The quantitative estimate of drug-likeness (QED) is 0.719. The van der Waals surface area contributed by atoms with E-state index in [1.165, 1.54) is 36.9 Å². The number of fused-ring (bicyclic) bond motifs is 2. The molecule has 1 saturated heterocycles. The second-order valence-corrected chi connectivity index (χ2v) is 8.03. The minimum absolute atomic E-state index is 0.632. The predicted octanol–water partition coefficient (Wildman–Crippen LogP) is 4.64. The number of nitrogens with zero attached hydrogens (tertiary/aromatic N) is 1. The average Bonchev–Trinajstić information content (AvgIpc) is 2.56. The van der Waals surface area contributed by atoms with Crippen LogP contribution in [0.1, 0.15) is 39.9 Å². The van der Waals surface area contributed by atoms with Crippen molar-refractivity contribution in [3.05, 3.63) is 69.2 Å². The van der Waals surface area contributed by atoms with E-state index in [4.69, 9.17) is 0 Å². The monoisotopic (exact) mass is 383 g/mol. The second-order valence-electron chi connectivity index (χ2n) is 7.18. The van der Waals surface area contributed by atoms with Crippen LogP contribution in [-0.4, -0.2) is 23.8 Å². The standard InChI is InChI=1S/C21H22BrNO/c22-21-10-16(5-7-19(21)14-24)13-23-12-15-6-8-20(23)11-18-4-2-1-3-17(18)9-15/h1-5,7,10,14-15,20H,6,8-9,11-13H2. The van der Waals surface area contributed by atoms with Crippen LogP contribution in [-0.2, 0) is 19.4 Å². The molecule has 2 aliphatic heterocycles. The van der Waals surface area contributed by atoms with Gasteiger partial charge in [-0.25, -0.2) is 0 Å². The molecule has 2 heterocycles. The van der Waals surface area contributed by atoms with E-state index in [0.717, 1.165) is 35.2 Å². The highest BCUT2D eigenvalue weighted by Gasteiger charge is 2.31. The molecule has 124 valence electrons. The van der Waals surface area contributed by atoms with Gasteiger partial charge in [-0.1, -0.05) is 52.3 Å². The topological polar surface area (TPSA) is 20.3 Å². The first-order valence-electron chi connectivity index (χ1n) is 8.77. The van der Waals surface area contributed by atoms with Gasteiger partial charge in [0, 0.05) is 29.2 Å². The number of carbonyl (C=O) groups is 1. The summed E-state index contributed by atoms with van der Waals surface area (Å²) >= 11 is 3.51. The SMILES string of the molecule is O=Cc1ccc(CN2CC3CCC2Cc2ccccc2C3)cc1Br. The Balaban J connectivity index is 1.57. The van der Waals surface area contributed by atoms with E-state index in [1.54, 1.807) is 5.56 Å². The van der Waals surface area contributed by atoms with Gasteiger partial charge in [0.15, 0.2) is 6.29 Å². The van der Waals surface area contributed by atoms with Crippen molar-refractivity contribution >= 4 is 22.2 Å². The zero-order chi connectivity index (χ0) is 16.5. The summed E-state index contributed by atoms with van der Waals surface area (Å²) in [6, 6.07) is 15.7. The first kappa shape index (κ1) is 16.0. The third kappa shape index (κ3) is 3.20. The summed E-state index contributed by atoms with van der Waals surface area (Å²) in [7, 11) is 0. The molecule has 3 heteroatoms. The molecule has 2 atom stereocenters. The average molecular weight is 384 g/mol. The summed E-state index contributed by atoms with van der Waals surface area (Å²) in [5.74, 6) is 0.764. The highest BCUT2D eigenvalue weighted by Crippen LogP contribution is 2.33. The van der Waals surface area contributed by atoms with E-state index >= 15 is 0 Å². The van der Waals surface area contributed by atoms with Crippen LogP contribution in [0.3, 0.4) is 0 Å². The number of carbonyl (C=O) groups excluding carboxylic acids is 1. The van der Waals surface area contributed by atoms with Gasteiger partial charge in [-0.05, 0) is 54.4 Å². The molecule has 24 heavy (non-hydrogen) atoms. The molecule has 2 nitrogen and oxygen atoms in total. The zero-order valence-corrected chi connectivity index (χ0v) is 15.3. The molecule has 2 aromatic rings. The van der Waals surface area contributed by atoms with Crippen molar-refractivity contribution in [2.24, 2.45) is 5.92 Å². The minimum atomic E-state index is 0.632. The lowest BCUT2D eigenvalue weighted by Gasteiger charge is -2.42. The largest absolute Gasteiger partial charge is 0.298 e. The predicted molar refractivity (Wildman–Crippen MR) is 100 cm³/mol. The van der Waals surface area contributed by atoms with Crippen molar-refractivity contribution in [1.82, 2.24) is 4.90 Å². The number of rotatable bonds is 3. The van der Waals surface area contributed by atoms with Crippen LogP contribution < -0.4 is 0 Å². The molecule has 3 aliphatic rings.